The zero-order valence-electron chi connectivity index (χ0n) is 11.9. The molecule has 0 spiro atoms. The van der Waals surface area contributed by atoms with E-state index in [4.69, 9.17) is 21.1 Å². The van der Waals surface area contributed by atoms with Crippen LogP contribution in [0.3, 0.4) is 0 Å². The van der Waals surface area contributed by atoms with E-state index in [0.29, 0.717) is 13.0 Å². The molecule has 0 amide bonds. The van der Waals surface area contributed by atoms with Crippen LogP contribution in [-0.4, -0.2) is 28.7 Å². The molecule has 1 aliphatic heterocycles. The van der Waals surface area contributed by atoms with Crippen LogP contribution in [0.4, 0.5) is 0 Å². The second-order valence-corrected chi connectivity index (χ2v) is 7.42. The smallest absolute Gasteiger partial charge is 0.163 e. The number of ketones is 1. The fraction of sp³-hybridized carbons (Fsp3) is 0.929. The highest BCUT2D eigenvalue weighted by molar-refractivity contribution is 6.35. The van der Waals surface area contributed by atoms with E-state index in [0.717, 1.165) is 6.42 Å². The zero-order chi connectivity index (χ0) is 13.8. The van der Waals surface area contributed by atoms with Crippen LogP contribution in [-0.2, 0) is 14.3 Å². The Morgan fingerprint density at radius 1 is 1.28 bits per heavy atom. The van der Waals surface area contributed by atoms with E-state index in [-0.39, 0.29) is 23.2 Å². The van der Waals surface area contributed by atoms with Crippen molar-refractivity contribution in [2.45, 2.75) is 63.7 Å². The minimum atomic E-state index is -0.720. The Bertz CT molecular complexity index is 364. The normalized spacial score (nSPS) is 48.4. The molecule has 0 radical (unpaired) electrons. The van der Waals surface area contributed by atoms with E-state index >= 15 is 0 Å². The summed E-state index contributed by atoms with van der Waals surface area (Å²) in [5.41, 5.74) is -0.374. The number of halogens is 1. The highest BCUT2D eigenvalue weighted by atomic mass is 35.5. The highest BCUT2D eigenvalue weighted by Gasteiger charge is 2.53. The summed E-state index contributed by atoms with van der Waals surface area (Å²) >= 11 is 6.32. The number of ether oxygens (including phenoxy) is 2. The summed E-state index contributed by atoms with van der Waals surface area (Å²) in [4.78, 5) is 11.4. The highest BCUT2D eigenvalue weighted by Crippen LogP contribution is 2.47. The number of rotatable bonds is 1. The molecule has 3 nitrogen and oxygen atoms in total. The Morgan fingerprint density at radius 3 is 2.33 bits per heavy atom. The fourth-order valence-electron chi connectivity index (χ4n) is 3.03. The first-order valence-corrected chi connectivity index (χ1v) is 7.01. The maximum Gasteiger partial charge on any atom is 0.163 e. The average Bonchev–Trinajstić information content (AvgIpc) is 2.51. The van der Waals surface area contributed by atoms with Crippen LogP contribution in [0.15, 0.2) is 0 Å². The molecular formula is C14H23ClO3. The summed E-state index contributed by atoms with van der Waals surface area (Å²) in [7, 11) is 0. The number of Topliss-reactive ketones (excluding diaryl/α,β-unsaturated/α-hetero) is 1. The van der Waals surface area contributed by atoms with Gasteiger partial charge in [0.05, 0.1) is 12.2 Å². The topological polar surface area (TPSA) is 35.5 Å². The van der Waals surface area contributed by atoms with Crippen LogP contribution in [0.5, 0.6) is 0 Å². The third-order valence-electron chi connectivity index (χ3n) is 4.59. The number of hydrogen-bond acceptors (Lipinski definition) is 3. The Hall–Kier alpha value is -0.120. The second-order valence-electron chi connectivity index (χ2n) is 6.64. The Morgan fingerprint density at radius 2 is 1.89 bits per heavy atom. The molecular weight excluding hydrogens is 252 g/mol. The van der Waals surface area contributed by atoms with Crippen molar-refractivity contribution in [3.63, 3.8) is 0 Å². The van der Waals surface area contributed by atoms with E-state index in [1.54, 1.807) is 0 Å². The minimum Gasteiger partial charge on any atom is -0.347 e. The summed E-state index contributed by atoms with van der Waals surface area (Å²) in [6, 6.07) is 0. The van der Waals surface area contributed by atoms with Crippen molar-refractivity contribution < 1.29 is 14.3 Å². The molecule has 2 rings (SSSR count). The monoisotopic (exact) mass is 274 g/mol. The molecule has 0 aromatic heterocycles. The maximum atomic E-state index is 12.2. The average molecular weight is 275 g/mol. The van der Waals surface area contributed by atoms with E-state index in [1.807, 2.05) is 34.6 Å². The molecule has 0 N–H and O–H groups in total. The van der Waals surface area contributed by atoms with Crippen molar-refractivity contribution in [2.75, 3.05) is 6.61 Å². The Kier molecular flexibility index (Phi) is 3.33. The van der Waals surface area contributed by atoms with Crippen molar-refractivity contribution in [1.82, 2.24) is 0 Å². The van der Waals surface area contributed by atoms with Gasteiger partial charge < -0.3 is 9.47 Å². The van der Waals surface area contributed by atoms with Crippen molar-refractivity contribution in [2.24, 2.45) is 11.8 Å². The molecule has 1 saturated carbocycles. The van der Waals surface area contributed by atoms with Gasteiger partial charge >= 0.3 is 0 Å². The van der Waals surface area contributed by atoms with Gasteiger partial charge in [-0.2, -0.15) is 0 Å². The Labute approximate surface area is 114 Å². The molecule has 0 bridgehead atoms. The van der Waals surface area contributed by atoms with Crippen molar-refractivity contribution in [3.05, 3.63) is 0 Å². The molecule has 4 heteroatoms. The molecule has 18 heavy (non-hydrogen) atoms. The van der Waals surface area contributed by atoms with Gasteiger partial charge in [-0.05, 0) is 46.0 Å². The predicted molar refractivity (Wildman–Crippen MR) is 70.7 cm³/mol. The third-order valence-corrected chi connectivity index (χ3v) is 5.17. The first kappa shape index (κ1) is 14.3. The van der Waals surface area contributed by atoms with Gasteiger partial charge in [0, 0.05) is 6.42 Å². The largest absolute Gasteiger partial charge is 0.347 e. The van der Waals surface area contributed by atoms with E-state index in [2.05, 4.69) is 0 Å². The molecule has 1 unspecified atom stereocenters. The van der Waals surface area contributed by atoms with Crippen LogP contribution in [0.1, 0.15) is 47.5 Å². The van der Waals surface area contributed by atoms with Crippen LogP contribution in [0.2, 0.25) is 0 Å². The lowest BCUT2D eigenvalue weighted by Crippen LogP contribution is -2.50. The third kappa shape index (κ3) is 2.33. The van der Waals surface area contributed by atoms with Crippen LogP contribution >= 0.6 is 11.6 Å². The van der Waals surface area contributed by atoms with Crippen molar-refractivity contribution >= 4 is 17.4 Å². The lowest BCUT2D eigenvalue weighted by molar-refractivity contribution is -0.174. The minimum absolute atomic E-state index is 0.127. The van der Waals surface area contributed by atoms with Gasteiger partial charge in [-0.15, -0.1) is 11.6 Å². The first-order chi connectivity index (χ1) is 8.07. The van der Waals surface area contributed by atoms with Gasteiger partial charge in [-0.25, -0.2) is 0 Å². The van der Waals surface area contributed by atoms with Crippen molar-refractivity contribution in [3.8, 4) is 0 Å². The number of hydrogen-bond donors (Lipinski definition) is 0. The first-order valence-electron chi connectivity index (χ1n) is 6.63. The van der Waals surface area contributed by atoms with Crippen LogP contribution in [0, 0.1) is 11.8 Å². The molecule has 0 aromatic rings. The molecule has 0 aromatic carbocycles. The molecule has 2 aliphatic rings. The van der Waals surface area contributed by atoms with Gasteiger partial charge in [-0.3, -0.25) is 4.79 Å². The molecule has 2 fully saturated rings. The fourth-order valence-corrected chi connectivity index (χ4v) is 3.20. The standard InChI is InChI=1S/C14H23ClO3/c1-9-6-10(7-11(16)14(9,5)15)13(4)8-17-12(2,3)18-13/h9-10H,6-8H2,1-5H3/t9-,10-,13?,14+/m0/s1. The summed E-state index contributed by atoms with van der Waals surface area (Å²) in [6.07, 6.45) is 1.39. The predicted octanol–water partition coefficient (Wildman–Crippen LogP) is 3.14. The lowest BCUT2D eigenvalue weighted by Gasteiger charge is -2.43. The number of carbonyl (C=O) groups excluding carboxylic acids is 1. The van der Waals surface area contributed by atoms with Gasteiger partial charge in [0.2, 0.25) is 0 Å². The molecule has 1 aliphatic carbocycles. The number of carbonyl (C=O) groups is 1. The van der Waals surface area contributed by atoms with Gasteiger partial charge in [0.15, 0.2) is 11.6 Å². The SMILES string of the molecule is C[C@H]1C[C@H](C2(C)COC(C)(C)O2)CC(=O)[C@]1(C)Cl. The number of alkyl halides is 1. The van der Waals surface area contributed by atoms with Crippen molar-refractivity contribution in [1.29, 1.82) is 0 Å². The summed E-state index contributed by atoms with van der Waals surface area (Å²) in [5, 5.41) is 0. The van der Waals surface area contributed by atoms with Gasteiger partial charge in [0.1, 0.15) is 4.87 Å². The molecule has 104 valence electrons. The van der Waals surface area contributed by atoms with Crippen LogP contribution in [0.25, 0.3) is 0 Å². The molecule has 4 atom stereocenters. The summed E-state index contributed by atoms with van der Waals surface area (Å²) in [6.45, 7) is 10.3. The van der Waals surface area contributed by atoms with Gasteiger partial charge in [-0.1, -0.05) is 6.92 Å². The molecule has 1 heterocycles. The van der Waals surface area contributed by atoms with E-state index < -0.39 is 10.7 Å². The van der Waals surface area contributed by atoms with Crippen LogP contribution < -0.4 is 0 Å². The zero-order valence-corrected chi connectivity index (χ0v) is 12.6. The maximum absolute atomic E-state index is 12.2. The Balaban J connectivity index is 2.15. The quantitative estimate of drug-likeness (QED) is 0.689. The van der Waals surface area contributed by atoms with E-state index in [1.165, 1.54) is 0 Å². The lowest BCUT2D eigenvalue weighted by atomic mass is 9.69. The second kappa shape index (κ2) is 4.19. The van der Waals surface area contributed by atoms with E-state index in [9.17, 15) is 4.79 Å². The van der Waals surface area contributed by atoms with Gasteiger partial charge in [0.25, 0.3) is 0 Å². The summed E-state index contributed by atoms with van der Waals surface area (Å²) < 4.78 is 11.7. The summed E-state index contributed by atoms with van der Waals surface area (Å²) in [5.74, 6) is -0.0754. The molecule has 1 saturated heterocycles.